The number of fused-ring (bicyclic) bond motifs is 1. The second-order valence-electron chi connectivity index (χ2n) is 9.08. The SMILES string of the molecule is CC(C)(C)c1ccc(S(=O)(=O)N2Cc3ccc(C4CCC(=O)NC4=O)cc3C2)cc1. The van der Waals surface area contributed by atoms with Gasteiger partial charge in [-0.2, -0.15) is 4.31 Å². The van der Waals surface area contributed by atoms with E-state index >= 15 is 0 Å². The fourth-order valence-corrected chi connectivity index (χ4v) is 5.45. The van der Waals surface area contributed by atoms with Crippen LogP contribution >= 0.6 is 0 Å². The Morgan fingerprint density at radius 3 is 2.27 bits per heavy atom. The minimum Gasteiger partial charge on any atom is -0.296 e. The normalized spacial score (nSPS) is 20.2. The summed E-state index contributed by atoms with van der Waals surface area (Å²) in [5.74, 6) is -0.900. The van der Waals surface area contributed by atoms with E-state index in [0.29, 0.717) is 19.4 Å². The molecule has 0 radical (unpaired) electrons. The molecule has 0 saturated carbocycles. The molecule has 1 atom stereocenters. The number of nitrogens with zero attached hydrogens (tertiary/aromatic N) is 1. The number of rotatable bonds is 3. The Bertz CT molecular complexity index is 1110. The zero-order chi connectivity index (χ0) is 21.7. The monoisotopic (exact) mass is 426 g/mol. The van der Waals surface area contributed by atoms with E-state index in [9.17, 15) is 18.0 Å². The predicted molar refractivity (Wildman–Crippen MR) is 113 cm³/mol. The standard InChI is InChI=1S/C23H26N2O4S/c1-23(2,3)18-6-8-19(9-7-18)30(28,29)25-13-16-5-4-15(12-17(16)14-25)20-10-11-21(26)24-22(20)27/h4-9,12,20H,10-11,13-14H2,1-3H3,(H,24,26,27). The van der Waals surface area contributed by atoms with Gasteiger partial charge in [0.15, 0.2) is 0 Å². The highest BCUT2D eigenvalue weighted by Gasteiger charge is 2.33. The third kappa shape index (κ3) is 3.79. The lowest BCUT2D eigenvalue weighted by Crippen LogP contribution is -2.39. The molecule has 0 bridgehead atoms. The van der Waals surface area contributed by atoms with E-state index in [-0.39, 0.29) is 34.6 Å². The van der Waals surface area contributed by atoms with E-state index < -0.39 is 10.0 Å². The molecular formula is C23H26N2O4S. The third-order valence-corrected chi connectivity index (χ3v) is 7.73. The first-order chi connectivity index (χ1) is 14.1. The number of amides is 2. The number of sulfonamides is 1. The van der Waals surface area contributed by atoms with Gasteiger partial charge in [0.2, 0.25) is 21.8 Å². The van der Waals surface area contributed by atoms with Crippen LogP contribution in [0.2, 0.25) is 0 Å². The van der Waals surface area contributed by atoms with Crippen LogP contribution < -0.4 is 5.32 Å². The van der Waals surface area contributed by atoms with Gasteiger partial charge >= 0.3 is 0 Å². The van der Waals surface area contributed by atoms with Crippen molar-refractivity contribution in [3.8, 4) is 0 Å². The van der Waals surface area contributed by atoms with Crippen LogP contribution in [-0.2, 0) is 38.1 Å². The lowest BCUT2D eigenvalue weighted by Gasteiger charge is -2.21. The first kappa shape index (κ1) is 20.8. The smallest absolute Gasteiger partial charge is 0.243 e. The molecule has 1 saturated heterocycles. The van der Waals surface area contributed by atoms with Crippen molar-refractivity contribution in [2.45, 2.75) is 62.9 Å². The van der Waals surface area contributed by atoms with E-state index in [1.165, 1.54) is 4.31 Å². The molecule has 1 N–H and O–H groups in total. The third-order valence-electron chi connectivity index (χ3n) is 5.92. The van der Waals surface area contributed by atoms with Crippen molar-refractivity contribution in [3.05, 3.63) is 64.7 Å². The van der Waals surface area contributed by atoms with Gasteiger partial charge in [0, 0.05) is 19.5 Å². The molecule has 2 aliphatic heterocycles. The summed E-state index contributed by atoms with van der Waals surface area (Å²) in [4.78, 5) is 23.9. The molecule has 2 aromatic rings. The van der Waals surface area contributed by atoms with Gasteiger partial charge in [-0.1, -0.05) is 51.1 Å². The van der Waals surface area contributed by atoms with Crippen LogP contribution in [0, 0.1) is 0 Å². The number of piperidine rings is 1. The molecule has 158 valence electrons. The van der Waals surface area contributed by atoms with Crippen molar-refractivity contribution in [1.29, 1.82) is 0 Å². The van der Waals surface area contributed by atoms with Gasteiger partial charge in [-0.15, -0.1) is 0 Å². The summed E-state index contributed by atoms with van der Waals surface area (Å²) >= 11 is 0. The highest BCUT2D eigenvalue weighted by Crippen LogP contribution is 2.33. The second-order valence-corrected chi connectivity index (χ2v) is 11.0. The fraction of sp³-hybridized carbons (Fsp3) is 0.391. The van der Waals surface area contributed by atoms with Crippen molar-refractivity contribution < 1.29 is 18.0 Å². The number of benzene rings is 2. The topological polar surface area (TPSA) is 83.6 Å². The number of carbonyl (C=O) groups excluding carboxylic acids is 2. The Morgan fingerprint density at radius 2 is 1.63 bits per heavy atom. The summed E-state index contributed by atoms with van der Waals surface area (Å²) < 4.78 is 27.8. The maximum Gasteiger partial charge on any atom is 0.243 e. The Morgan fingerprint density at radius 1 is 0.967 bits per heavy atom. The molecule has 4 rings (SSSR count). The summed E-state index contributed by atoms with van der Waals surface area (Å²) in [5, 5.41) is 2.38. The fourth-order valence-electron chi connectivity index (χ4n) is 4.06. The molecule has 2 amide bonds. The van der Waals surface area contributed by atoms with Gasteiger partial charge in [-0.3, -0.25) is 14.9 Å². The maximum atomic E-state index is 13.2. The molecule has 2 heterocycles. The molecule has 1 unspecified atom stereocenters. The first-order valence-electron chi connectivity index (χ1n) is 10.1. The molecule has 7 heteroatoms. The molecule has 30 heavy (non-hydrogen) atoms. The zero-order valence-electron chi connectivity index (χ0n) is 17.4. The highest BCUT2D eigenvalue weighted by molar-refractivity contribution is 7.89. The molecule has 1 fully saturated rings. The van der Waals surface area contributed by atoms with Gasteiger partial charge < -0.3 is 0 Å². The molecule has 2 aromatic carbocycles. The van der Waals surface area contributed by atoms with Gasteiger partial charge in [0.25, 0.3) is 0 Å². The van der Waals surface area contributed by atoms with Gasteiger partial charge in [0.1, 0.15) is 0 Å². The Balaban J connectivity index is 1.55. The van der Waals surface area contributed by atoms with Gasteiger partial charge in [-0.25, -0.2) is 8.42 Å². The summed E-state index contributed by atoms with van der Waals surface area (Å²) in [5.41, 5.74) is 3.72. The average molecular weight is 427 g/mol. The van der Waals surface area contributed by atoms with Crippen molar-refractivity contribution in [3.63, 3.8) is 0 Å². The van der Waals surface area contributed by atoms with Crippen LogP contribution in [0.25, 0.3) is 0 Å². The number of hydrogen-bond acceptors (Lipinski definition) is 4. The van der Waals surface area contributed by atoms with Gasteiger partial charge in [0.05, 0.1) is 10.8 Å². The molecular weight excluding hydrogens is 400 g/mol. The highest BCUT2D eigenvalue weighted by atomic mass is 32.2. The molecule has 0 aromatic heterocycles. The van der Waals surface area contributed by atoms with E-state index in [4.69, 9.17) is 0 Å². The Labute approximate surface area is 177 Å². The van der Waals surface area contributed by atoms with Crippen molar-refractivity contribution in [2.75, 3.05) is 0 Å². The number of carbonyl (C=O) groups is 2. The van der Waals surface area contributed by atoms with E-state index in [2.05, 4.69) is 26.1 Å². The van der Waals surface area contributed by atoms with Crippen molar-refractivity contribution >= 4 is 21.8 Å². The minimum atomic E-state index is -3.62. The molecule has 0 aliphatic carbocycles. The largest absolute Gasteiger partial charge is 0.296 e. The average Bonchev–Trinajstić information content (AvgIpc) is 3.11. The van der Waals surface area contributed by atoms with Crippen LogP contribution in [0.4, 0.5) is 0 Å². The second kappa shape index (κ2) is 7.32. The van der Waals surface area contributed by atoms with E-state index in [1.807, 2.05) is 30.3 Å². The molecule has 6 nitrogen and oxygen atoms in total. The van der Waals surface area contributed by atoms with E-state index in [0.717, 1.165) is 22.3 Å². The van der Waals surface area contributed by atoms with Crippen LogP contribution in [0.15, 0.2) is 47.4 Å². The Kier molecular flexibility index (Phi) is 5.06. The molecule has 0 spiro atoms. The van der Waals surface area contributed by atoms with Crippen LogP contribution in [0.3, 0.4) is 0 Å². The van der Waals surface area contributed by atoms with Crippen LogP contribution in [0.1, 0.15) is 61.8 Å². The predicted octanol–water partition coefficient (Wildman–Crippen LogP) is 3.21. The summed E-state index contributed by atoms with van der Waals surface area (Å²) in [6.45, 7) is 6.86. The van der Waals surface area contributed by atoms with Crippen LogP contribution in [0.5, 0.6) is 0 Å². The minimum absolute atomic E-state index is 0.0431. The van der Waals surface area contributed by atoms with Gasteiger partial charge in [-0.05, 0) is 46.2 Å². The lowest BCUT2D eigenvalue weighted by atomic mass is 9.87. The quantitative estimate of drug-likeness (QED) is 0.764. The number of hydrogen-bond donors (Lipinski definition) is 1. The van der Waals surface area contributed by atoms with Crippen molar-refractivity contribution in [2.24, 2.45) is 0 Å². The Hall–Kier alpha value is -2.51. The van der Waals surface area contributed by atoms with Crippen molar-refractivity contribution in [1.82, 2.24) is 9.62 Å². The zero-order valence-corrected chi connectivity index (χ0v) is 18.3. The van der Waals surface area contributed by atoms with Crippen LogP contribution in [-0.4, -0.2) is 24.5 Å². The number of imide groups is 1. The molecule has 2 aliphatic rings. The number of nitrogens with one attached hydrogen (secondary N) is 1. The summed E-state index contributed by atoms with van der Waals surface area (Å²) in [7, 11) is -3.62. The first-order valence-corrected chi connectivity index (χ1v) is 11.6. The lowest BCUT2D eigenvalue weighted by molar-refractivity contribution is -0.134. The summed E-state index contributed by atoms with van der Waals surface area (Å²) in [6, 6.07) is 12.8. The maximum absolute atomic E-state index is 13.2. The van der Waals surface area contributed by atoms with E-state index in [1.54, 1.807) is 12.1 Å². The summed E-state index contributed by atoms with van der Waals surface area (Å²) in [6.07, 6.45) is 0.796.